The lowest BCUT2D eigenvalue weighted by atomic mass is 9.95. The van der Waals surface area contributed by atoms with Crippen LogP contribution in [0.25, 0.3) is 72.0 Å². The van der Waals surface area contributed by atoms with E-state index in [0.29, 0.717) is 22.5 Å². The topological polar surface area (TPSA) is 42.3 Å². The Labute approximate surface area is 338 Å². The number of imide groups is 1. The predicted octanol–water partition coefficient (Wildman–Crippen LogP) is 13.5. The summed E-state index contributed by atoms with van der Waals surface area (Å²) in [6.45, 7) is 8.52. The van der Waals surface area contributed by atoms with Crippen molar-refractivity contribution >= 4 is 39.3 Å². The van der Waals surface area contributed by atoms with Crippen LogP contribution in [0.1, 0.15) is 43.0 Å². The average Bonchev–Trinajstić information content (AvgIpc) is 3.71. The maximum absolute atomic E-state index is 15.5. The van der Waals surface area contributed by atoms with Crippen molar-refractivity contribution in [3.8, 4) is 50.2 Å². The zero-order valence-corrected chi connectivity index (χ0v) is 32.9. The van der Waals surface area contributed by atoms with Crippen LogP contribution in [0.2, 0.25) is 0 Å². The van der Waals surface area contributed by atoms with Crippen molar-refractivity contribution in [3.05, 3.63) is 203 Å². The number of fused-ring (bicyclic) bond motifs is 4. The number of hydrogen-bond acceptors (Lipinski definition) is 2. The van der Waals surface area contributed by atoms with Crippen LogP contribution < -0.4 is 4.90 Å². The third-order valence-corrected chi connectivity index (χ3v) is 11.4. The monoisotopic (exact) mass is 748 g/mol. The molecule has 0 unspecified atom stereocenters. The summed E-state index contributed by atoms with van der Waals surface area (Å²) in [5, 5.41) is 2.15. The first-order valence-electron chi connectivity index (χ1n) is 19.8. The summed E-state index contributed by atoms with van der Waals surface area (Å²) in [6, 6.07) is 58.0. The molecule has 0 saturated carbocycles. The molecule has 2 amide bonds. The summed E-state index contributed by atoms with van der Waals surface area (Å²) < 4.78 is 2.26. The van der Waals surface area contributed by atoms with Crippen molar-refractivity contribution in [1.82, 2.24) is 4.57 Å². The third kappa shape index (κ3) is 5.60. The van der Waals surface area contributed by atoms with Gasteiger partial charge in [0.2, 0.25) is 0 Å². The van der Waals surface area contributed by atoms with Crippen LogP contribution in [0.3, 0.4) is 0 Å². The number of benzene rings is 8. The fourth-order valence-electron chi connectivity index (χ4n) is 9.23. The second-order valence-electron chi connectivity index (χ2n) is 15.6. The molecule has 4 heteroatoms. The fraction of sp³-hybridized carbons (Fsp3) is 0.0741. The van der Waals surface area contributed by atoms with E-state index in [-0.39, 0.29) is 11.8 Å². The molecule has 0 N–H and O–H groups in total. The zero-order valence-electron chi connectivity index (χ0n) is 32.9. The van der Waals surface area contributed by atoms with Crippen LogP contribution in [0.5, 0.6) is 0 Å². The van der Waals surface area contributed by atoms with E-state index in [4.69, 9.17) is 0 Å². The molecule has 4 nitrogen and oxygen atoms in total. The van der Waals surface area contributed by atoms with Gasteiger partial charge in [-0.3, -0.25) is 9.59 Å². The van der Waals surface area contributed by atoms with Gasteiger partial charge in [0.05, 0.1) is 33.5 Å². The molecular weight excluding hydrogens is 709 g/mol. The van der Waals surface area contributed by atoms with Crippen LogP contribution in [0.15, 0.2) is 170 Å². The number of para-hydroxylation sites is 3. The Bertz CT molecular complexity index is 2930. The summed E-state index contributed by atoms with van der Waals surface area (Å²) in [4.78, 5) is 32.0. The highest BCUT2D eigenvalue weighted by Gasteiger charge is 2.41. The van der Waals surface area contributed by atoms with Crippen molar-refractivity contribution in [2.45, 2.75) is 27.7 Å². The Morgan fingerprint density at radius 2 is 0.776 bits per heavy atom. The van der Waals surface area contributed by atoms with E-state index >= 15 is 9.59 Å². The van der Waals surface area contributed by atoms with Crippen LogP contribution >= 0.6 is 0 Å². The number of aryl methyl sites for hydroxylation is 4. The molecule has 58 heavy (non-hydrogen) atoms. The van der Waals surface area contributed by atoms with E-state index in [9.17, 15) is 0 Å². The van der Waals surface area contributed by atoms with Crippen LogP contribution in [-0.4, -0.2) is 16.4 Å². The summed E-state index contributed by atoms with van der Waals surface area (Å²) >= 11 is 0. The van der Waals surface area contributed by atoms with Gasteiger partial charge in [-0.1, -0.05) is 180 Å². The molecule has 0 bridgehead atoms. The van der Waals surface area contributed by atoms with Gasteiger partial charge in [0.1, 0.15) is 0 Å². The second-order valence-corrected chi connectivity index (χ2v) is 15.6. The molecule has 2 heterocycles. The molecule has 0 fully saturated rings. The molecule has 1 aromatic heterocycles. The highest BCUT2D eigenvalue weighted by Crippen LogP contribution is 2.47. The predicted molar refractivity (Wildman–Crippen MR) is 239 cm³/mol. The van der Waals surface area contributed by atoms with Gasteiger partial charge in [-0.25, -0.2) is 4.90 Å². The van der Waals surface area contributed by atoms with Gasteiger partial charge in [0.15, 0.2) is 0 Å². The molecule has 0 radical (unpaired) electrons. The molecule has 0 atom stereocenters. The van der Waals surface area contributed by atoms with Gasteiger partial charge < -0.3 is 4.57 Å². The molecule has 8 aromatic carbocycles. The molecule has 278 valence electrons. The quantitative estimate of drug-likeness (QED) is 0.159. The first-order valence-corrected chi connectivity index (χ1v) is 19.8. The Kier molecular flexibility index (Phi) is 8.31. The first kappa shape index (κ1) is 35.1. The highest BCUT2D eigenvalue weighted by molar-refractivity contribution is 6.37. The number of nitrogens with zero attached hydrogens (tertiary/aromatic N) is 2. The van der Waals surface area contributed by atoms with Crippen molar-refractivity contribution in [1.29, 1.82) is 0 Å². The number of amides is 2. The summed E-state index contributed by atoms with van der Waals surface area (Å²) in [6.07, 6.45) is 0. The smallest absolute Gasteiger partial charge is 0.268 e. The molecule has 1 aliphatic heterocycles. The van der Waals surface area contributed by atoms with Crippen molar-refractivity contribution in [2.24, 2.45) is 0 Å². The van der Waals surface area contributed by atoms with Gasteiger partial charge in [-0.15, -0.1) is 0 Å². The van der Waals surface area contributed by atoms with E-state index in [2.05, 4.69) is 105 Å². The lowest BCUT2D eigenvalue weighted by Gasteiger charge is -2.23. The molecule has 0 aliphatic carbocycles. The maximum Gasteiger partial charge on any atom is 0.268 e. The van der Waals surface area contributed by atoms with Gasteiger partial charge in [0.25, 0.3) is 11.8 Å². The minimum Gasteiger partial charge on any atom is -0.307 e. The number of carbonyl (C=O) groups is 2. The number of aromatic nitrogens is 1. The van der Waals surface area contributed by atoms with Crippen molar-refractivity contribution < 1.29 is 9.59 Å². The van der Waals surface area contributed by atoms with Gasteiger partial charge in [-0.05, 0) is 62.1 Å². The Morgan fingerprint density at radius 1 is 0.362 bits per heavy atom. The van der Waals surface area contributed by atoms with Gasteiger partial charge in [-0.2, -0.15) is 0 Å². The number of anilines is 1. The standard InChI is InChI=1S/C54H40N2O2/c1-33-27-34(2)30-39(29-33)43-21-12-23-45-46-24-13-22-44(40-31-35(3)28-36(4)32-40)52(46)55(51(43)45)48-26-14-25-47-49(48)54(58)56(53(47)57)50-41(37-15-7-5-8-16-37)19-11-20-42(50)38-17-9-6-10-18-38/h5-32H,1-4H3. The van der Waals surface area contributed by atoms with E-state index in [1.165, 1.54) is 27.2 Å². The number of hydrogen-bond donors (Lipinski definition) is 0. The summed E-state index contributed by atoms with van der Waals surface area (Å²) in [5.74, 6) is -0.689. The lowest BCUT2D eigenvalue weighted by Crippen LogP contribution is -2.30. The maximum atomic E-state index is 15.5. The fourth-order valence-corrected chi connectivity index (χ4v) is 9.23. The molecule has 9 aromatic rings. The van der Waals surface area contributed by atoms with Crippen LogP contribution in [0.4, 0.5) is 5.69 Å². The molecule has 0 saturated heterocycles. The normalized spacial score (nSPS) is 12.5. The van der Waals surface area contributed by atoms with Crippen LogP contribution in [-0.2, 0) is 0 Å². The number of carbonyl (C=O) groups excluding carboxylic acids is 2. The Hall–Kier alpha value is -7.30. The van der Waals surface area contributed by atoms with E-state index in [1.807, 2.05) is 91.0 Å². The molecular formula is C54H40N2O2. The van der Waals surface area contributed by atoms with Gasteiger partial charge >= 0.3 is 0 Å². The SMILES string of the molecule is Cc1cc(C)cc(-c2cccc3c4cccc(-c5cc(C)cc(C)c5)c4n(-c4cccc5c4C(=O)N(c4c(-c6ccccc6)cccc4-c4ccccc4)C5=O)c23)c1. The largest absolute Gasteiger partial charge is 0.307 e. The third-order valence-electron chi connectivity index (χ3n) is 11.4. The minimum atomic E-state index is -0.348. The van der Waals surface area contributed by atoms with Crippen LogP contribution in [0, 0.1) is 27.7 Å². The summed E-state index contributed by atoms with van der Waals surface area (Å²) in [5.41, 5.74) is 16.5. The lowest BCUT2D eigenvalue weighted by molar-refractivity contribution is 0.0926. The highest BCUT2D eigenvalue weighted by atomic mass is 16.2. The van der Waals surface area contributed by atoms with E-state index in [1.54, 1.807) is 6.07 Å². The minimum absolute atomic E-state index is 0.341. The Balaban J connectivity index is 1.29. The van der Waals surface area contributed by atoms with E-state index in [0.717, 1.165) is 66.3 Å². The van der Waals surface area contributed by atoms with Crippen molar-refractivity contribution in [2.75, 3.05) is 4.90 Å². The second kappa shape index (κ2) is 13.7. The summed E-state index contributed by atoms with van der Waals surface area (Å²) in [7, 11) is 0. The zero-order chi connectivity index (χ0) is 39.7. The first-order chi connectivity index (χ1) is 28.3. The van der Waals surface area contributed by atoms with E-state index < -0.39 is 0 Å². The number of rotatable bonds is 6. The molecule has 0 spiro atoms. The van der Waals surface area contributed by atoms with Crippen molar-refractivity contribution in [3.63, 3.8) is 0 Å². The molecule has 10 rings (SSSR count). The molecule has 1 aliphatic rings. The average molecular weight is 749 g/mol. The van der Waals surface area contributed by atoms with Gasteiger partial charge in [0, 0.05) is 33.0 Å². The Morgan fingerprint density at radius 3 is 1.26 bits per heavy atom.